The topological polar surface area (TPSA) is 92.8 Å². The van der Waals surface area contributed by atoms with Crippen molar-refractivity contribution in [1.82, 2.24) is 14.8 Å². The van der Waals surface area contributed by atoms with Gasteiger partial charge in [0.1, 0.15) is 11.9 Å². The van der Waals surface area contributed by atoms with Crippen LogP contribution in [-0.4, -0.2) is 39.6 Å². The molecule has 1 aromatic heterocycles. The van der Waals surface area contributed by atoms with E-state index in [0.717, 1.165) is 11.4 Å². The van der Waals surface area contributed by atoms with E-state index >= 15 is 0 Å². The number of benzene rings is 2. The number of nitrogens with zero attached hydrogens (tertiary/aromatic N) is 4. The highest BCUT2D eigenvalue weighted by atomic mass is 32.2. The van der Waals surface area contributed by atoms with Crippen LogP contribution in [0, 0.1) is 11.3 Å². The largest absolute Gasteiger partial charge is 0.383 e. The smallest absolute Gasteiger partial charge is 0.237 e. The lowest BCUT2D eigenvalue weighted by atomic mass is 10.1. The van der Waals surface area contributed by atoms with Crippen molar-refractivity contribution in [2.24, 2.45) is 0 Å². The predicted octanol–water partition coefficient (Wildman–Crippen LogP) is 3.51. The van der Waals surface area contributed by atoms with Gasteiger partial charge in [0.25, 0.3) is 0 Å². The van der Waals surface area contributed by atoms with Crippen molar-refractivity contribution in [1.29, 1.82) is 5.26 Å². The summed E-state index contributed by atoms with van der Waals surface area (Å²) in [6.07, 6.45) is 0.647. The van der Waals surface area contributed by atoms with Gasteiger partial charge in [-0.2, -0.15) is 5.26 Å². The summed E-state index contributed by atoms with van der Waals surface area (Å²) in [6.45, 7) is 2.92. The number of ether oxygens (including phenoxy) is 1. The third-order valence-electron chi connectivity index (χ3n) is 4.47. The van der Waals surface area contributed by atoms with Crippen LogP contribution in [0.1, 0.15) is 23.9 Å². The summed E-state index contributed by atoms with van der Waals surface area (Å²) in [5.41, 5.74) is 2.07. The molecule has 0 aliphatic rings. The summed E-state index contributed by atoms with van der Waals surface area (Å²) in [7, 11) is 1.65. The highest BCUT2D eigenvalue weighted by molar-refractivity contribution is 8.00. The first-order valence-corrected chi connectivity index (χ1v) is 10.4. The van der Waals surface area contributed by atoms with Crippen LogP contribution in [0.5, 0.6) is 0 Å². The first kappa shape index (κ1) is 21.6. The maximum Gasteiger partial charge on any atom is 0.237 e. The van der Waals surface area contributed by atoms with E-state index in [2.05, 4.69) is 21.6 Å². The zero-order chi connectivity index (χ0) is 21.3. The normalized spacial score (nSPS) is 11.6. The number of carbonyl (C=O) groups excluding carboxylic acids is 1. The lowest BCUT2D eigenvalue weighted by molar-refractivity contribution is -0.115. The number of amides is 1. The van der Waals surface area contributed by atoms with E-state index in [-0.39, 0.29) is 5.91 Å². The van der Waals surface area contributed by atoms with Crippen molar-refractivity contribution in [3.8, 4) is 6.07 Å². The fourth-order valence-electron chi connectivity index (χ4n) is 2.86. The third-order valence-corrected chi connectivity index (χ3v) is 5.55. The van der Waals surface area contributed by atoms with Crippen LogP contribution in [0.3, 0.4) is 0 Å². The number of aromatic nitrogens is 3. The molecule has 0 fully saturated rings. The maximum atomic E-state index is 12.7. The Morgan fingerprint density at radius 3 is 2.67 bits per heavy atom. The van der Waals surface area contributed by atoms with Crippen LogP contribution in [0.25, 0.3) is 0 Å². The molecule has 0 aliphatic heterocycles. The van der Waals surface area contributed by atoms with E-state index in [1.54, 1.807) is 38.3 Å². The lowest BCUT2D eigenvalue weighted by Crippen LogP contribution is -2.23. The Morgan fingerprint density at radius 2 is 1.93 bits per heavy atom. The predicted molar refractivity (Wildman–Crippen MR) is 116 cm³/mol. The molecule has 0 radical (unpaired) electrons. The van der Waals surface area contributed by atoms with E-state index in [0.29, 0.717) is 36.0 Å². The standard InChI is InChI=1S/C22H23N5O2S/c1-16(21(28)24-19-11-7-6-10-18(19)15-23)30-22-26-25-20(27(22)12-13-29-2)14-17-8-4-3-5-9-17/h3-11,16H,12-14H2,1-2H3,(H,24,28)/t16-/m0/s1. The first-order valence-electron chi connectivity index (χ1n) is 9.54. The Hall–Kier alpha value is -3.15. The van der Waals surface area contributed by atoms with E-state index in [1.807, 2.05) is 34.9 Å². The Kier molecular flexibility index (Phi) is 7.60. The highest BCUT2D eigenvalue weighted by Crippen LogP contribution is 2.25. The number of anilines is 1. The quantitative estimate of drug-likeness (QED) is 0.532. The SMILES string of the molecule is COCCn1c(Cc2ccccc2)nnc1S[C@@H](C)C(=O)Nc1ccccc1C#N. The minimum atomic E-state index is -0.424. The fourth-order valence-corrected chi connectivity index (χ4v) is 3.75. The molecule has 1 atom stereocenters. The van der Waals surface area contributed by atoms with Crippen LogP contribution in [0.15, 0.2) is 59.8 Å². The van der Waals surface area contributed by atoms with Gasteiger partial charge in [-0.15, -0.1) is 10.2 Å². The molecule has 3 aromatic rings. The molecule has 0 spiro atoms. The number of hydrogen-bond donors (Lipinski definition) is 1. The molecule has 154 valence electrons. The van der Waals surface area contributed by atoms with Gasteiger partial charge in [-0.25, -0.2) is 0 Å². The van der Waals surface area contributed by atoms with Crippen molar-refractivity contribution in [3.05, 3.63) is 71.5 Å². The number of para-hydroxylation sites is 1. The van der Waals surface area contributed by atoms with Gasteiger partial charge in [0, 0.05) is 20.1 Å². The second kappa shape index (κ2) is 10.6. The summed E-state index contributed by atoms with van der Waals surface area (Å²) >= 11 is 1.33. The van der Waals surface area contributed by atoms with E-state index in [4.69, 9.17) is 4.74 Å². The van der Waals surface area contributed by atoms with Crippen molar-refractivity contribution in [3.63, 3.8) is 0 Å². The molecule has 0 bridgehead atoms. The molecular formula is C22H23N5O2S. The molecule has 8 heteroatoms. The van der Waals surface area contributed by atoms with Crippen molar-refractivity contribution in [2.75, 3.05) is 19.0 Å². The molecule has 30 heavy (non-hydrogen) atoms. The molecule has 1 heterocycles. The molecule has 0 saturated carbocycles. The summed E-state index contributed by atoms with van der Waals surface area (Å²) in [5.74, 6) is 0.622. The Labute approximate surface area is 180 Å². The van der Waals surface area contributed by atoms with Gasteiger partial charge in [0.05, 0.1) is 23.1 Å². The third kappa shape index (κ3) is 5.47. The number of nitrogens with one attached hydrogen (secondary N) is 1. The van der Waals surface area contributed by atoms with E-state index < -0.39 is 5.25 Å². The molecule has 0 unspecified atom stereocenters. The number of nitriles is 1. The minimum Gasteiger partial charge on any atom is -0.383 e. The summed E-state index contributed by atoms with van der Waals surface area (Å²) in [4.78, 5) is 12.7. The lowest BCUT2D eigenvalue weighted by Gasteiger charge is -2.14. The highest BCUT2D eigenvalue weighted by Gasteiger charge is 2.21. The van der Waals surface area contributed by atoms with Gasteiger partial charge >= 0.3 is 0 Å². The monoisotopic (exact) mass is 421 g/mol. The van der Waals surface area contributed by atoms with Crippen LogP contribution in [-0.2, 0) is 22.5 Å². The second-order valence-electron chi connectivity index (χ2n) is 6.61. The average molecular weight is 422 g/mol. The minimum absolute atomic E-state index is 0.200. The van der Waals surface area contributed by atoms with Crippen molar-refractivity contribution >= 4 is 23.4 Å². The zero-order valence-corrected chi connectivity index (χ0v) is 17.7. The second-order valence-corrected chi connectivity index (χ2v) is 7.92. The Morgan fingerprint density at radius 1 is 1.20 bits per heavy atom. The summed E-state index contributed by atoms with van der Waals surface area (Å²) in [5, 5.41) is 20.9. The van der Waals surface area contributed by atoms with E-state index in [1.165, 1.54) is 11.8 Å². The van der Waals surface area contributed by atoms with Gasteiger partial charge in [-0.3, -0.25) is 4.79 Å². The first-order chi connectivity index (χ1) is 14.6. The van der Waals surface area contributed by atoms with E-state index in [9.17, 15) is 10.1 Å². The molecule has 7 nitrogen and oxygen atoms in total. The molecule has 0 saturated heterocycles. The Bertz CT molecular complexity index is 1030. The molecule has 1 N–H and O–H groups in total. The van der Waals surface area contributed by atoms with Crippen LogP contribution >= 0.6 is 11.8 Å². The number of thioether (sulfide) groups is 1. The van der Waals surface area contributed by atoms with Crippen LogP contribution < -0.4 is 5.32 Å². The average Bonchev–Trinajstić information content (AvgIpc) is 3.14. The van der Waals surface area contributed by atoms with Crippen molar-refractivity contribution < 1.29 is 9.53 Å². The van der Waals surface area contributed by atoms with Gasteiger partial charge in [-0.1, -0.05) is 54.2 Å². The zero-order valence-electron chi connectivity index (χ0n) is 16.9. The van der Waals surface area contributed by atoms with Crippen LogP contribution in [0.2, 0.25) is 0 Å². The summed E-state index contributed by atoms with van der Waals surface area (Å²) in [6, 6.07) is 19.1. The Balaban J connectivity index is 1.74. The number of rotatable bonds is 9. The number of hydrogen-bond acceptors (Lipinski definition) is 6. The number of methoxy groups -OCH3 is 1. The van der Waals surface area contributed by atoms with Gasteiger partial charge in [0.2, 0.25) is 5.91 Å². The molecule has 3 rings (SSSR count). The molecular weight excluding hydrogens is 398 g/mol. The van der Waals surface area contributed by atoms with Gasteiger partial charge in [0.15, 0.2) is 5.16 Å². The number of carbonyl (C=O) groups is 1. The van der Waals surface area contributed by atoms with Gasteiger partial charge < -0.3 is 14.6 Å². The van der Waals surface area contributed by atoms with Crippen molar-refractivity contribution in [2.45, 2.75) is 30.3 Å². The summed E-state index contributed by atoms with van der Waals surface area (Å²) < 4.78 is 7.23. The maximum absolute atomic E-state index is 12.7. The molecule has 0 aliphatic carbocycles. The van der Waals surface area contributed by atoms with Gasteiger partial charge in [-0.05, 0) is 24.6 Å². The molecule has 1 amide bonds. The fraction of sp³-hybridized carbons (Fsp3) is 0.273. The molecule has 2 aromatic carbocycles. The van der Waals surface area contributed by atoms with Crippen LogP contribution in [0.4, 0.5) is 5.69 Å².